The number of hydrogen-bond acceptors (Lipinski definition) is 3. The lowest BCUT2D eigenvalue weighted by Gasteiger charge is -2.34. The molecule has 2 N–H and O–H groups in total. The summed E-state index contributed by atoms with van der Waals surface area (Å²) in [5.41, 5.74) is 0. The van der Waals surface area contributed by atoms with Crippen molar-refractivity contribution >= 4 is 11.8 Å². The van der Waals surface area contributed by atoms with Crippen molar-refractivity contribution in [1.82, 2.24) is 15.5 Å². The molecule has 2 atom stereocenters. The van der Waals surface area contributed by atoms with Gasteiger partial charge >= 0.3 is 0 Å². The van der Waals surface area contributed by atoms with E-state index >= 15 is 0 Å². The monoisotopic (exact) mass is 253 g/mol. The van der Waals surface area contributed by atoms with Gasteiger partial charge in [-0.1, -0.05) is 6.92 Å². The number of hydrogen-bond donors (Lipinski definition) is 2. The molecule has 2 amide bonds. The summed E-state index contributed by atoms with van der Waals surface area (Å²) in [5.74, 6) is 0.692. The molecule has 0 radical (unpaired) electrons. The van der Waals surface area contributed by atoms with Gasteiger partial charge in [0.05, 0.1) is 6.04 Å². The Bertz CT molecular complexity index is 324. The fraction of sp³-hybridized carbons (Fsp3) is 0.846. The van der Waals surface area contributed by atoms with Crippen LogP contribution in [0.3, 0.4) is 0 Å². The fourth-order valence-corrected chi connectivity index (χ4v) is 2.89. The van der Waals surface area contributed by atoms with E-state index in [0.29, 0.717) is 5.92 Å². The SMILES string of the molecule is CC(=O)NC1CCN(C(=O)C2NCCC2C)CC1. The molecule has 102 valence electrons. The van der Waals surface area contributed by atoms with Crippen LogP contribution in [0, 0.1) is 5.92 Å². The van der Waals surface area contributed by atoms with Crippen molar-refractivity contribution in [3.05, 3.63) is 0 Å². The van der Waals surface area contributed by atoms with Crippen LogP contribution in [0.1, 0.15) is 33.1 Å². The number of amides is 2. The van der Waals surface area contributed by atoms with E-state index in [9.17, 15) is 9.59 Å². The van der Waals surface area contributed by atoms with Crippen LogP contribution in [0.15, 0.2) is 0 Å². The molecule has 0 aromatic heterocycles. The zero-order chi connectivity index (χ0) is 13.1. The average Bonchev–Trinajstić information content (AvgIpc) is 2.75. The van der Waals surface area contributed by atoms with Crippen molar-refractivity contribution in [2.75, 3.05) is 19.6 Å². The molecule has 2 unspecified atom stereocenters. The predicted octanol–water partition coefficient (Wildman–Crippen LogP) is 0.112. The molecule has 0 bridgehead atoms. The number of carbonyl (C=O) groups excluding carboxylic acids is 2. The van der Waals surface area contributed by atoms with Crippen molar-refractivity contribution in [3.8, 4) is 0 Å². The Labute approximate surface area is 108 Å². The molecule has 2 fully saturated rings. The Morgan fingerprint density at radius 3 is 2.39 bits per heavy atom. The highest BCUT2D eigenvalue weighted by Gasteiger charge is 2.34. The summed E-state index contributed by atoms with van der Waals surface area (Å²) in [5, 5.41) is 6.21. The lowest BCUT2D eigenvalue weighted by Crippen LogP contribution is -2.51. The van der Waals surface area contributed by atoms with Crippen LogP contribution in [-0.2, 0) is 9.59 Å². The quantitative estimate of drug-likeness (QED) is 0.734. The normalized spacial score (nSPS) is 29.3. The number of carbonyl (C=O) groups is 2. The second kappa shape index (κ2) is 5.69. The third kappa shape index (κ3) is 3.02. The molecule has 18 heavy (non-hydrogen) atoms. The molecule has 0 saturated carbocycles. The van der Waals surface area contributed by atoms with E-state index in [4.69, 9.17) is 0 Å². The van der Waals surface area contributed by atoms with Crippen LogP contribution >= 0.6 is 0 Å². The number of piperidine rings is 1. The highest BCUT2D eigenvalue weighted by molar-refractivity contribution is 5.82. The number of nitrogens with zero attached hydrogens (tertiary/aromatic N) is 1. The lowest BCUT2D eigenvalue weighted by molar-refractivity contribution is -0.135. The van der Waals surface area contributed by atoms with Crippen molar-refractivity contribution in [3.63, 3.8) is 0 Å². The zero-order valence-electron chi connectivity index (χ0n) is 11.2. The summed E-state index contributed by atoms with van der Waals surface area (Å²) in [4.78, 5) is 25.2. The van der Waals surface area contributed by atoms with E-state index in [0.717, 1.165) is 38.9 Å². The highest BCUT2D eigenvalue weighted by Crippen LogP contribution is 2.19. The maximum absolute atomic E-state index is 12.3. The maximum atomic E-state index is 12.3. The van der Waals surface area contributed by atoms with Crippen LogP contribution in [0.4, 0.5) is 0 Å². The minimum atomic E-state index is 0.00214. The summed E-state index contributed by atoms with van der Waals surface area (Å²) in [7, 11) is 0. The molecule has 0 aromatic carbocycles. The summed E-state index contributed by atoms with van der Waals surface area (Å²) >= 11 is 0. The molecule has 2 heterocycles. The van der Waals surface area contributed by atoms with E-state index in [2.05, 4.69) is 17.6 Å². The summed E-state index contributed by atoms with van der Waals surface area (Å²) in [6.45, 7) is 6.14. The molecule has 2 saturated heterocycles. The molecule has 0 aromatic rings. The van der Waals surface area contributed by atoms with Gasteiger partial charge in [-0.05, 0) is 31.7 Å². The Balaban J connectivity index is 1.82. The van der Waals surface area contributed by atoms with E-state index < -0.39 is 0 Å². The van der Waals surface area contributed by atoms with Crippen LogP contribution in [-0.4, -0.2) is 48.4 Å². The average molecular weight is 253 g/mol. The van der Waals surface area contributed by atoms with Crippen LogP contribution in [0.25, 0.3) is 0 Å². The molecule has 2 aliphatic heterocycles. The Morgan fingerprint density at radius 1 is 1.22 bits per heavy atom. The van der Waals surface area contributed by atoms with E-state index in [-0.39, 0.29) is 23.9 Å². The van der Waals surface area contributed by atoms with E-state index in [1.54, 1.807) is 6.92 Å². The minimum absolute atomic E-state index is 0.00214. The van der Waals surface area contributed by atoms with Gasteiger partial charge in [0.15, 0.2) is 0 Å². The standard InChI is InChI=1S/C13H23N3O2/c1-9-3-6-14-12(9)13(18)16-7-4-11(5-8-16)15-10(2)17/h9,11-12,14H,3-8H2,1-2H3,(H,15,17). The fourth-order valence-electron chi connectivity index (χ4n) is 2.89. The van der Waals surface area contributed by atoms with E-state index in [1.807, 2.05) is 4.90 Å². The molecule has 5 heteroatoms. The van der Waals surface area contributed by atoms with Gasteiger partial charge in [0.25, 0.3) is 0 Å². The molecule has 2 rings (SSSR count). The van der Waals surface area contributed by atoms with Gasteiger partial charge in [-0.3, -0.25) is 9.59 Å². The Hall–Kier alpha value is -1.10. The number of rotatable bonds is 2. The summed E-state index contributed by atoms with van der Waals surface area (Å²) in [6, 6.07) is 0.239. The van der Waals surface area contributed by atoms with Crippen LogP contribution in [0.5, 0.6) is 0 Å². The van der Waals surface area contributed by atoms with Crippen molar-refractivity contribution < 1.29 is 9.59 Å². The van der Waals surface area contributed by atoms with Crippen molar-refractivity contribution in [2.45, 2.75) is 45.2 Å². The third-order valence-corrected chi connectivity index (χ3v) is 4.01. The van der Waals surface area contributed by atoms with Crippen LogP contribution < -0.4 is 10.6 Å². The largest absolute Gasteiger partial charge is 0.353 e. The Kier molecular flexibility index (Phi) is 4.22. The number of likely N-dealkylation sites (tertiary alicyclic amines) is 1. The van der Waals surface area contributed by atoms with Gasteiger partial charge < -0.3 is 15.5 Å². The van der Waals surface area contributed by atoms with Gasteiger partial charge in [0, 0.05) is 26.1 Å². The zero-order valence-corrected chi connectivity index (χ0v) is 11.2. The number of nitrogens with one attached hydrogen (secondary N) is 2. The Morgan fingerprint density at radius 2 is 1.89 bits per heavy atom. The third-order valence-electron chi connectivity index (χ3n) is 4.01. The molecule has 5 nitrogen and oxygen atoms in total. The van der Waals surface area contributed by atoms with Gasteiger partial charge in [0.1, 0.15) is 0 Å². The van der Waals surface area contributed by atoms with Gasteiger partial charge in [0.2, 0.25) is 11.8 Å². The van der Waals surface area contributed by atoms with Gasteiger partial charge in [-0.25, -0.2) is 0 Å². The predicted molar refractivity (Wildman–Crippen MR) is 69.0 cm³/mol. The van der Waals surface area contributed by atoms with Crippen molar-refractivity contribution in [2.24, 2.45) is 5.92 Å². The lowest BCUT2D eigenvalue weighted by atomic mass is 9.99. The molecular weight excluding hydrogens is 230 g/mol. The highest BCUT2D eigenvalue weighted by atomic mass is 16.2. The van der Waals surface area contributed by atoms with Gasteiger partial charge in [-0.2, -0.15) is 0 Å². The first-order valence-corrected chi connectivity index (χ1v) is 6.87. The maximum Gasteiger partial charge on any atom is 0.239 e. The summed E-state index contributed by atoms with van der Waals surface area (Å²) < 4.78 is 0. The summed E-state index contributed by atoms with van der Waals surface area (Å²) in [6.07, 6.45) is 2.82. The second-order valence-corrected chi connectivity index (χ2v) is 5.50. The smallest absolute Gasteiger partial charge is 0.239 e. The second-order valence-electron chi connectivity index (χ2n) is 5.50. The van der Waals surface area contributed by atoms with Gasteiger partial charge in [-0.15, -0.1) is 0 Å². The van der Waals surface area contributed by atoms with Crippen molar-refractivity contribution in [1.29, 1.82) is 0 Å². The first-order valence-electron chi connectivity index (χ1n) is 6.87. The first-order chi connectivity index (χ1) is 8.58. The molecular formula is C13H23N3O2. The minimum Gasteiger partial charge on any atom is -0.353 e. The molecule has 0 aliphatic carbocycles. The topological polar surface area (TPSA) is 61.4 Å². The molecule has 2 aliphatic rings. The first kappa shape index (κ1) is 13.3. The van der Waals surface area contributed by atoms with E-state index in [1.165, 1.54) is 0 Å². The molecule has 0 spiro atoms. The van der Waals surface area contributed by atoms with Crippen LogP contribution in [0.2, 0.25) is 0 Å².